The van der Waals surface area contributed by atoms with Crippen LogP contribution in [0, 0.1) is 0 Å². The predicted octanol–water partition coefficient (Wildman–Crippen LogP) is 0.775. The molecule has 29 heavy (non-hydrogen) atoms. The number of fused-ring (bicyclic) bond motifs is 1. The molecule has 10 nitrogen and oxygen atoms in total. The summed E-state index contributed by atoms with van der Waals surface area (Å²) in [5, 5.41) is 13.5. The number of amides is 1. The molecule has 2 aromatic carbocycles. The van der Waals surface area contributed by atoms with Crippen LogP contribution in [0.25, 0.3) is 5.69 Å². The van der Waals surface area contributed by atoms with Crippen LogP contribution < -0.4 is 14.8 Å². The second-order valence-corrected chi connectivity index (χ2v) is 6.15. The lowest BCUT2D eigenvalue weighted by Gasteiger charge is -2.26. The van der Waals surface area contributed by atoms with Crippen LogP contribution in [0.5, 0.6) is 11.5 Å². The van der Waals surface area contributed by atoms with E-state index in [2.05, 4.69) is 20.8 Å². The van der Waals surface area contributed by atoms with Gasteiger partial charge in [0.25, 0.3) is 5.91 Å². The molecule has 1 aliphatic rings. The number of hydrogen-bond donors (Lipinski definition) is 1. The van der Waals surface area contributed by atoms with Gasteiger partial charge >= 0.3 is 5.97 Å². The SMILES string of the molecule is O=C(COC(=O)c1ccccc1-n1cnnn1)NC[C@H]1COc2ccccc2O1. The van der Waals surface area contributed by atoms with Crippen LogP contribution in [0.3, 0.4) is 0 Å². The number of carbonyl (C=O) groups is 2. The minimum atomic E-state index is -0.655. The van der Waals surface area contributed by atoms with Crippen LogP contribution in [0.15, 0.2) is 54.9 Å². The molecule has 0 saturated carbocycles. The van der Waals surface area contributed by atoms with E-state index in [9.17, 15) is 9.59 Å². The van der Waals surface area contributed by atoms with Gasteiger partial charge in [-0.15, -0.1) is 5.10 Å². The highest BCUT2D eigenvalue weighted by Gasteiger charge is 2.21. The molecule has 3 aromatic rings. The van der Waals surface area contributed by atoms with Crippen LogP contribution in [0.1, 0.15) is 10.4 Å². The van der Waals surface area contributed by atoms with Crippen LogP contribution in [0.2, 0.25) is 0 Å². The zero-order chi connectivity index (χ0) is 20.1. The summed E-state index contributed by atoms with van der Waals surface area (Å²) < 4.78 is 17.8. The Hall–Kier alpha value is -3.95. The summed E-state index contributed by atoms with van der Waals surface area (Å²) in [6.45, 7) is 0.120. The van der Waals surface area contributed by atoms with E-state index < -0.39 is 18.5 Å². The van der Waals surface area contributed by atoms with Gasteiger partial charge in [-0.25, -0.2) is 4.79 Å². The Morgan fingerprint density at radius 1 is 1.14 bits per heavy atom. The number of ether oxygens (including phenoxy) is 3. The maximum atomic E-state index is 12.4. The second-order valence-electron chi connectivity index (χ2n) is 6.15. The molecule has 0 radical (unpaired) electrons. The third-order valence-corrected chi connectivity index (χ3v) is 4.15. The molecule has 0 saturated heterocycles. The quantitative estimate of drug-likeness (QED) is 0.609. The fourth-order valence-electron chi connectivity index (χ4n) is 2.77. The Labute approximate surface area is 165 Å². The lowest BCUT2D eigenvalue weighted by molar-refractivity contribution is -0.124. The van der Waals surface area contributed by atoms with Crippen molar-refractivity contribution >= 4 is 11.9 Å². The lowest BCUT2D eigenvalue weighted by atomic mass is 10.2. The first-order valence-corrected chi connectivity index (χ1v) is 8.85. The van der Waals surface area contributed by atoms with Crippen molar-refractivity contribution in [3.63, 3.8) is 0 Å². The molecule has 0 spiro atoms. The van der Waals surface area contributed by atoms with Gasteiger partial charge in [0.05, 0.1) is 17.8 Å². The Morgan fingerprint density at radius 2 is 1.93 bits per heavy atom. The molecule has 1 aromatic heterocycles. The van der Waals surface area contributed by atoms with Gasteiger partial charge in [-0.1, -0.05) is 24.3 Å². The molecule has 148 valence electrons. The zero-order valence-electron chi connectivity index (χ0n) is 15.2. The number of esters is 1. The monoisotopic (exact) mass is 395 g/mol. The summed E-state index contributed by atoms with van der Waals surface area (Å²) in [5.41, 5.74) is 0.697. The van der Waals surface area contributed by atoms with Crippen molar-refractivity contribution in [2.75, 3.05) is 19.8 Å². The Morgan fingerprint density at radius 3 is 2.76 bits per heavy atom. The summed E-state index contributed by atoms with van der Waals surface area (Å²) >= 11 is 0. The van der Waals surface area contributed by atoms with Crippen molar-refractivity contribution in [2.45, 2.75) is 6.10 Å². The summed E-state index contributed by atoms with van der Waals surface area (Å²) in [6.07, 6.45) is 1.04. The van der Waals surface area contributed by atoms with E-state index in [0.717, 1.165) is 0 Å². The molecule has 0 bridgehead atoms. The zero-order valence-corrected chi connectivity index (χ0v) is 15.2. The van der Waals surface area contributed by atoms with E-state index in [4.69, 9.17) is 14.2 Å². The van der Waals surface area contributed by atoms with Gasteiger partial charge in [0, 0.05) is 0 Å². The third-order valence-electron chi connectivity index (χ3n) is 4.15. The topological polar surface area (TPSA) is 117 Å². The molecule has 10 heteroatoms. The number of para-hydroxylation sites is 3. The Balaban J connectivity index is 1.28. The molecule has 1 aliphatic heterocycles. The molecule has 1 N–H and O–H groups in total. The molecule has 4 rings (SSSR count). The van der Waals surface area contributed by atoms with Crippen LogP contribution in [0.4, 0.5) is 0 Å². The normalized spacial score (nSPS) is 14.8. The first-order valence-electron chi connectivity index (χ1n) is 8.85. The van der Waals surface area contributed by atoms with Crippen molar-refractivity contribution in [3.8, 4) is 17.2 Å². The van der Waals surface area contributed by atoms with Gasteiger partial charge in [-0.3, -0.25) is 4.79 Å². The van der Waals surface area contributed by atoms with Crippen molar-refractivity contribution < 1.29 is 23.8 Å². The summed E-state index contributed by atoms with van der Waals surface area (Å²) in [4.78, 5) is 24.4. The highest BCUT2D eigenvalue weighted by Crippen LogP contribution is 2.30. The highest BCUT2D eigenvalue weighted by atomic mass is 16.6. The Bertz CT molecular complexity index is 1010. The lowest BCUT2D eigenvalue weighted by Crippen LogP contribution is -2.42. The number of carbonyl (C=O) groups excluding carboxylic acids is 2. The molecule has 1 amide bonds. The first kappa shape index (κ1) is 18.4. The third kappa shape index (κ3) is 4.32. The van der Waals surface area contributed by atoms with E-state index in [1.54, 1.807) is 30.3 Å². The van der Waals surface area contributed by atoms with Crippen LogP contribution in [-0.2, 0) is 9.53 Å². The van der Waals surface area contributed by atoms with E-state index >= 15 is 0 Å². The molecular formula is C19H17N5O5. The minimum absolute atomic E-state index is 0.228. The fourth-order valence-corrected chi connectivity index (χ4v) is 2.77. The van der Waals surface area contributed by atoms with E-state index in [1.807, 2.05) is 18.2 Å². The van der Waals surface area contributed by atoms with Gasteiger partial charge in [-0.2, -0.15) is 4.68 Å². The maximum Gasteiger partial charge on any atom is 0.340 e. The molecule has 0 fully saturated rings. The first-order chi connectivity index (χ1) is 14.2. The van der Waals surface area contributed by atoms with Crippen LogP contribution in [-0.4, -0.2) is 57.9 Å². The van der Waals surface area contributed by atoms with E-state index in [0.29, 0.717) is 23.8 Å². The van der Waals surface area contributed by atoms with Gasteiger partial charge in [0.1, 0.15) is 19.0 Å². The van der Waals surface area contributed by atoms with Gasteiger partial charge < -0.3 is 19.5 Å². The minimum Gasteiger partial charge on any atom is -0.486 e. The van der Waals surface area contributed by atoms with E-state index in [-0.39, 0.29) is 18.2 Å². The van der Waals surface area contributed by atoms with Crippen molar-refractivity contribution in [3.05, 3.63) is 60.4 Å². The number of nitrogens with one attached hydrogen (secondary N) is 1. The molecule has 0 unspecified atom stereocenters. The molecule has 2 heterocycles. The van der Waals surface area contributed by atoms with Crippen LogP contribution >= 0.6 is 0 Å². The largest absolute Gasteiger partial charge is 0.486 e. The van der Waals surface area contributed by atoms with Crippen molar-refractivity contribution in [2.24, 2.45) is 0 Å². The number of hydrogen-bond acceptors (Lipinski definition) is 8. The smallest absolute Gasteiger partial charge is 0.340 e. The fraction of sp³-hybridized carbons (Fsp3) is 0.211. The number of tetrazole rings is 1. The number of aromatic nitrogens is 4. The van der Waals surface area contributed by atoms with Gasteiger partial charge in [-0.05, 0) is 34.7 Å². The summed E-state index contributed by atoms with van der Waals surface area (Å²) in [7, 11) is 0. The summed E-state index contributed by atoms with van der Waals surface area (Å²) in [6, 6.07) is 14.0. The van der Waals surface area contributed by atoms with Gasteiger partial charge in [0.15, 0.2) is 18.1 Å². The highest BCUT2D eigenvalue weighted by molar-refractivity contribution is 5.94. The molecule has 1 atom stereocenters. The number of nitrogens with zero attached hydrogens (tertiary/aromatic N) is 4. The van der Waals surface area contributed by atoms with Crippen molar-refractivity contribution in [1.29, 1.82) is 0 Å². The average Bonchev–Trinajstić information content (AvgIpc) is 3.30. The van der Waals surface area contributed by atoms with Gasteiger partial charge in [0.2, 0.25) is 0 Å². The average molecular weight is 395 g/mol. The Kier molecular flexibility index (Phi) is 5.32. The number of rotatable bonds is 6. The number of benzene rings is 2. The molecular weight excluding hydrogens is 378 g/mol. The van der Waals surface area contributed by atoms with Crippen molar-refractivity contribution in [1.82, 2.24) is 25.5 Å². The van der Waals surface area contributed by atoms with E-state index in [1.165, 1.54) is 11.0 Å². The second kappa shape index (κ2) is 8.38. The summed E-state index contributed by atoms with van der Waals surface area (Å²) in [5.74, 6) is 0.201. The maximum absolute atomic E-state index is 12.4. The predicted molar refractivity (Wildman–Crippen MR) is 98.8 cm³/mol. The molecule has 0 aliphatic carbocycles. The standard InChI is InChI=1S/C19H17N5O5/c25-18(20-9-13-10-27-16-7-3-4-8-17(16)29-13)11-28-19(26)14-5-1-2-6-15(14)24-12-21-22-23-24/h1-8,12-13H,9-11H2,(H,20,25)/t13-/m0/s1.